The molecule has 0 spiro atoms. The number of anilines is 1. The highest BCUT2D eigenvalue weighted by Gasteiger charge is 2.25. The minimum atomic E-state index is -1.64. The molecule has 2 aliphatic rings. The van der Waals surface area contributed by atoms with E-state index in [2.05, 4.69) is 19.7 Å². The topological polar surface area (TPSA) is 98.6 Å². The number of aromatic nitrogens is 3. The fourth-order valence-electron chi connectivity index (χ4n) is 3.55. The third kappa shape index (κ3) is 2.75. The zero-order valence-corrected chi connectivity index (χ0v) is 16.5. The van der Waals surface area contributed by atoms with Crippen molar-refractivity contribution in [2.75, 3.05) is 32.2 Å². The summed E-state index contributed by atoms with van der Waals surface area (Å²) in [6, 6.07) is 5.69. The number of hydrogen-bond acceptors (Lipinski definition) is 7. The van der Waals surface area contributed by atoms with Crippen molar-refractivity contribution in [2.45, 2.75) is 0 Å². The van der Waals surface area contributed by atoms with Gasteiger partial charge >= 0.3 is 0 Å². The molecule has 1 aromatic carbocycles. The van der Waals surface area contributed by atoms with Crippen LogP contribution in [-0.4, -0.2) is 52.2 Å². The van der Waals surface area contributed by atoms with E-state index in [4.69, 9.17) is 9.47 Å². The molecule has 10 heteroatoms. The zero-order valence-electron chi connectivity index (χ0n) is 15.7. The van der Waals surface area contributed by atoms with Crippen LogP contribution in [0.1, 0.15) is 0 Å². The standard InChI is InChI=1S/C19H17N5O4S/c1-23-5-6-28-15-7-11(9-20-19(15)23)12-3-4-14-13(18(12)27-2)10-21-24(14)17-8-16(25)22-29(17)26/h3-4,7-10H,5-6H2,1-2H3,(H,22,25). The second kappa shape index (κ2) is 6.59. The first-order valence-electron chi connectivity index (χ1n) is 8.90. The summed E-state index contributed by atoms with van der Waals surface area (Å²) < 4.78 is 27.4. The van der Waals surface area contributed by atoms with E-state index in [9.17, 15) is 9.00 Å². The van der Waals surface area contributed by atoms with Gasteiger partial charge in [0.25, 0.3) is 5.91 Å². The Morgan fingerprint density at radius 3 is 2.93 bits per heavy atom. The monoisotopic (exact) mass is 411 g/mol. The Kier molecular flexibility index (Phi) is 4.02. The van der Waals surface area contributed by atoms with Crippen molar-refractivity contribution in [3.05, 3.63) is 36.7 Å². The molecule has 1 unspecified atom stereocenters. The molecule has 5 rings (SSSR count). The summed E-state index contributed by atoms with van der Waals surface area (Å²) in [4.78, 5) is 18.1. The van der Waals surface area contributed by atoms with E-state index in [1.807, 2.05) is 25.2 Å². The lowest BCUT2D eigenvalue weighted by atomic mass is 10.0. The summed E-state index contributed by atoms with van der Waals surface area (Å²) in [6.07, 6.45) is 4.70. The van der Waals surface area contributed by atoms with Gasteiger partial charge < -0.3 is 14.4 Å². The van der Waals surface area contributed by atoms with Crippen LogP contribution in [0.3, 0.4) is 0 Å². The number of benzene rings is 1. The van der Waals surface area contributed by atoms with Crippen molar-refractivity contribution in [2.24, 2.45) is 0 Å². The van der Waals surface area contributed by atoms with Crippen LogP contribution in [0.15, 0.2) is 36.7 Å². The number of methoxy groups -OCH3 is 1. The lowest BCUT2D eigenvalue weighted by Gasteiger charge is -2.26. The number of nitrogens with zero attached hydrogens (tertiary/aromatic N) is 4. The number of rotatable bonds is 3. The Balaban J connectivity index is 1.64. The van der Waals surface area contributed by atoms with Crippen LogP contribution >= 0.6 is 0 Å². The van der Waals surface area contributed by atoms with Gasteiger partial charge in [-0.05, 0) is 18.2 Å². The molecule has 2 aliphatic heterocycles. The summed E-state index contributed by atoms with van der Waals surface area (Å²) in [6.45, 7) is 1.40. The first kappa shape index (κ1) is 17.7. The van der Waals surface area contributed by atoms with Gasteiger partial charge in [-0.3, -0.25) is 9.52 Å². The molecule has 0 fully saturated rings. The number of amides is 1. The van der Waals surface area contributed by atoms with Gasteiger partial charge in [-0.25, -0.2) is 13.9 Å². The lowest BCUT2D eigenvalue weighted by Crippen LogP contribution is -2.29. The highest BCUT2D eigenvalue weighted by molar-refractivity contribution is 7.93. The number of nitrogens with one attached hydrogen (secondary N) is 1. The SMILES string of the molecule is COc1c(-c2cnc3c(c2)OCCN3C)ccc2c1cnn2C1=CC(=O)NS1=O. The van der Waals surface area contributed by atoms with Crippen LogP contribution in [0.5, 0.6) is 11.5 Å². The Morgan fingerprint density at radius 1 is 1.31 bits per heavy atom. The fourth-order valence-corrected chi connectivity index (χ4v) is 4.42. The average molecular weight is 411 g/mol. The Morgan fingerprint density at radius 2 is 2.17 bits per heavy atom. The second-order valence-electron chi connectivity index (χ2n) is 6.67. The molecule has 1 N–H and O–H groups in total. The molecule has 0 bridgehead atoms. The van der Waals surface area contributed by atoms with Crippen LogP contribution in [0.2, 0.25) is 0 Å². The van der Waals surface area contributed by atoms with E-state index in [0.717, 1.165) is 34.6 Å². The second-order valence-corrected chi connectivity index (χ2v) is 7.83. The van der Waals surface area contributed by atoms with Crippen LogP contribution < -0.4 is 19.1 Å². The van der Waals surface area contributed by atoms with E-state index < -0.39 is 16.9 Å². The van der Waals surface area contributed by atoms with Crippen molar-refractivity contribution in [3.8, 4) is 22.6 Å². The first-order chi connectivity index (χ1) is 14.1. The number of ether oxygens (including phenoxy) is 2. The van der Waals surface area contributed by atoms with Gasteiger partial charge in [0.05, 0.1) is 30.8 Å². The normalized spacial score (nSPS) is 18.3. The molecule has 2 aromatic heterocycles. The van der Waals surface area contributed by atoms with Gasteiger partial charge in [-0.1, -0.05) is 0 Å². The zero-order chi connectivity index (χ0) is 20.1. The van der Waals surface area contributed by atoms with E-state index in [1.165, 1.54) is 10.8 Å². The number of carbonyl (C=O) groups excluding carboxylic acids is 1. The molecule has 0 radical (unpaired) electrons. The fraction of sp³-hybridized carbons (Fsp3) is 0.211. The summed E-state index contributed by atoms with van der Waals surface area (Å²) >= 11 is 0. The van der Waals surface area contributed by atoms with Gasteiger partial charge in [-0.2, -0.15) is 5.10 Å². The van der Waals surface area contributed by atoms with Crippen molar-refractivity contribution >= 4 is 38.6 Å². The Labute approximate surface area is 168 Å². The van der Waals surface area contributed by atoms with Crippen LogP contribution in [0, 0.1) is 0 Å². The predicted octanol–water partition coefficient (Wildman–Crippen LogP) is 1.53. The molecular formula is C19H17N5O4S. The minimum Gasteiger partial charge on any atom is -0.495 e. The molecule has 1 atom stereocenters. The maximum Gasteiger partial charge on any atom is 0.258 e. The van der Waals surface area contributed by atoms with Crippen molar-refractivity contribution in [1.29, 1.82) is 0 Å². The van der Waals surface area contributed by atoms with E-state index in [-0.39, 0.29) is 5.03 Å². The predicted molar refractivity (Wildman–Crippen MR) is 109 cm³/mol. The first-order valence-corrected chi connectivity index (χ1v) is 10.1. The van der Waals surface area contributed by atoms with Gasteiger partial charge in [0, 0.05) is 30.4 Å². The molecule has 3 aromatic rings. The molecular weight excluding hydrogens is 394 g/mol. The number of carbonyl (C=O) groups is 1. The van der Waals surface area contributed by atoms with Gasteiger partial charge in [0.2, 0.25) is 0 Å². The van der Waals surface area contributed by atoms with Crippen LogP contribution in [0.4, 0.5) is 5.82 Å². The molecule has 29 heavy (non-hydrogen) atoms. The highest BCUT2D eigenvalue weighted by atomic mass is 32.2. The summed E-state index contributed by atoms with van der Waals surface area (Å²) in [5.41, 5.74) is 2.37. The number of hydrogen-bond donors (Lipinski definition) is 1. The quantitative estimate of drug-likeness (QED) is 0.698. The van der Waals surface area contributed by atoms with E-state index in [1.54, 1.807) is 19.5 Å². The molecule has 0 saturated heterocycles. The van der Waals surface area contributed by atoms with Gasteiger partial charge in [-0.15, -0.1) is 0 Å². The molecule has 1 amide bonds. The minimum absolute atomic E-state index is 0.284. The molecule has 0 saturated carbocycles. The number of likely N-dealkylation sites (N-methyl/N-ethyl adjacent to an activating group) is 1. The van der Waals surface area contributed by atoms with E-state index in [0.29, 0.717) is 17.9 Å². The maximum atomic E-state index is 12.1. The van der Waals surface area contributed by atoms with Crippen molar-refractivity contribution < 1.29 is 18.5 Å². The number of pyridine rings is 1. The Hall–Kier alpha value is -3.40. The third-order valence-corrected chi connectivity index (χ3v) is 6.00. The summed E-state index contributed by atoms with van der Waals surface area (Å²) in [5.74, 6) is 1.74. The van der Waals surface area contributed by atoms with Crippen LogP contribution in [0.25, 0.3) is 27.1 Å². The summed E-state index contributed by atoms with van der Waals surface area (Å²) in [5, 5.41) is 5.34. The molecule has 9 nitrogen and oxygen atoms in total. The van der Waals surface area contributed by atoms with Crippen molar-refractivity contribution in [3.63, 3.8) is 0 Å². The molecule has 148 valence electrons. The lowest BCUT2D eigenvalue weighted by molar-refractivity contribution is -0.114. The van der Waals surface area contributed by atoms with Crippen LogP contribution in [-0.2, 0) is 15.8 Å². The number of fused-ring (bicyclic) bond motifs is 2. The largest absolute Gasteiger partial charge is 0.495 e. The van der Waals surface area contributed by atoms with E-state index >= 15 is 0 Å². The van der Waals surface area contributed by atoms with Crippen molar-refractivity contribution in [1.82, 2.24) is 19.5 Å². The smallest absolute Gasteiger partial charge is 0.258 e. The highest BCUT2D eigenvalue weighted by Crippen LogP contribution is 2.40. The van der Waals surface area contributed by atoms with Gasteiger partial charge in [0.15, 0.2) is 27.6 Å². The van der Waals surface area contributed by atoms with Gasteiger partial charge in [0.1, 0.15) is 12.4 Å². The third-order valence-electron chi connectivity index (χ3n) is 4.94. The maximum absolute atomic E-state index is 12.1. The average Bonchev–Trinajstić information content (AvgIpc) is 3.29. The summed E-state index contributed by atoms with van der Waals surface area (Å²) in [7, 11) is 1.93. The Bertz CT molecular complexity index is 1220. The molecule has 0 aliphatic carbocycles. The molecule has 4 heterocycles.